The van der Waals surface area contributed by atoms with Crippen LogP contribution in [0.5, 0.6) is 5.75 Å². The zero-order valence-corrected chi connectivity index (χ0v) is 16.3. The van der Waals surface area contributed by atoms with E-state index in [2.05, 4.69) is 39.6 Å². The van der Waals surface area contributed by atoms with Gasteiger partial charge in [-0.2, -0.15) is 0 Å². The van der Waals surface area contributed by atoms with E-state index in [1.54, 1.807) is 18.2 Å². The molecular weight excluding hydrogens is 362 g/mol. The van der Waals surface area contributed by atoms with Gasteiger partial charge in [-0.25, -0.2) is 0 Å². The summed E-state index contributed by atoms with van der Waals surface area (Å²) >= 11 is 0. The molecule has 2 aliphatic carbocycles. The largest absolute Gasteiger partial charge is 0.507 e. The van der Waals surface area contributed by atoms with Gasteiger partial charge in [0, 0.05) is 27.9 Å². The number of phenolic OH excluding ortho intramolecular Hbond substituents is 1. The lowest BCUT2D eigenvalue weighted by atomic mass is 9.77. The van der Waals surface area contributed by atoms with E-state index in [1.807, 2.05) is 6.92 Å². The van der Waals surface area contributed by atoms with Crippen molar-refractivity contribution in [3.8, 4) is 29.4 Å². The van der Waals surface area contributed by atoms with E-state index in [-0.39, 0.29) is 11.8 Å². The average molecular weight is 385 g/mol. The van der Waals surface area contributed by atoms with Crippen LogP contribution in [-0.4, -0.2) is 32.1 Å². The minimum atomic E-state index is -0.607. The molecular formula is C24H23N3O2. The number of phenols is 1. The Hall–Kier alpha value is -3.10. The maximum absolute atomic E-state index is 10.5. The second-order valence-corrected chi connectivity index (χ2v) is 8.60. The van der Waals surface area contributed by atoms with E-state index in [0.717, 1.165) is 16.6 Å². The van der Waals surface area contributed by atoms with E-state index in [0.29, 0.717) is 35.6 Å². The number of terminal acetylenes is 1. The van der Waals surface area contributed by atoms with Crippen molar-refractivity contribution < 1.29 is 10.2 Å². The van der Waals surface area contributed by atoms with E-state index in [9.17, 15) is 10.2 Å². The molecule has 3 N–H and O–H groups in total. The van der Waals surface area contributed by atoms with Crippen molar-refractivity contribution in [2.45, 2.75) is 50.2 Å². The van der Waals surface area contributed by atoms with Gasteiger partial charge in [0.2, 0.25) is 0 Å². The van der Waals surface area contributed by atoms with E-state index in [1.165, 1.54) is 18.4 Å². The number of fused-ring (bicyclic) bond motifs is 1. The van der Waals surface area contributed by atoms with Crippen molar-refractivity contribution >= 4 is 16.6 Å². The quantitative estimate of drug-likeness (QED) is 0.587. The molecule has 0 radical (unpaired) electrons. The monoisotopic (exact) mass is 385 g/mol. The Labute approximate surface area is 169 Å². The molecule has 0 saturated heterocycles. The predicted octanol–water partition coefficient (Wildman–Crippen LogP) is 4.19. The van der Waals surface area contributed by atoms with Crippen LogP contribution >= 0.6 is 0 Å². The van der Waals surface area contributed by atoms with Crippen molar-refractivity contribution in [1.29, 1.82) is 0 Å². The summed E-state index contributed by atoms with van der Waals surface area (Å²) in [4.78, 5) is 0. The first-order valence-electron chi connectivity index (χ1n) is 10.0. The van der Waals surface area contributed by atoms with Gasteiger partial charge >= 0.3 is 0 Å². The zero-order valence-electron chi connectivity index (χ0n) is 16.3. The Morgan fingerprint density at radius 2 is 1.90 bits per heavy atom. The number of anilines is 1. The number of rotatable bonds is 4. The van der Waals surface area contributed by atoms with Gasteiger partial charge in [0.05, 0.1) is 5.60 Å². The highest BCUT2D eigenvalue weighted by Gasteiger charge is 2.38. The molecule has 1 heterocycles. The first-order chi connectivity index (χ1) is 13.9. The van der Waals surface area contributed by atoms with Crippen molar-refractivity contribution in [1.82, 2.24) is 10.2 Å². The van der Waals surface area contributed by atoms with Crippen molar-refractivity contribution in [2.24, 2.45) is 0 Å². The molecule has 0 aliphatic heterocycles. The smallest absolute Gasteiger partial charge is 0.156 e. The molecule has 5 nitrogen and oxygen atoms in total. The molecule has 0 atom stereocenters. The minimum Gasteiger partial charge on any atom is -0.507 e. The van der Waals surface area contributed by atoms with Gasteiger partial charge in [0.1, 0.15) is 11.4 Å². The second kappa shape index (κ2) is 6.47. The molecule has 2 aromatic carbocycles. The summed E-state index contributed by atoms with van der Waals surface area (Å²) in [7, 11) is 0. The van der Waals surface area contributed by atoms with Crippen LogP contribution in [0.15, 0.2) is 36.4 Å². The molecule has 0 unspecified atom stereocenters. The van der Waals surface area contributed by atoms with Gasteiger partial charge in [-0.3, -0.25) is 0 Å². The summed E-state index contributed by atoms with van der Waals surface area (Å²) in [5.41, 5.74) is 2.57. The Bertz CT molecular complexity index is 1150. The number of aliphatic hydroxyl groups is 1. The lowest BCUT2D eigenvalue weighted by molar-refractivity contribution is -0.0235. The zero-order chi connectivity index (χ0) is 20.2. The Kier molecular flexibility index (Phi) is 4.01. The molecule has 0 amide bonds. The Balaban J connectivity index is 1.61. The molecule has 5 heteroatoms. The van der Waals surface area contributed by atoms with Gasteiger partial charge in [0.15, 0.2) is 5.82 Å². The number of nitrogens with zero attached hydrogens (tertiary/aromatic N) is 2. The number of hydrogen-bond donors (Lipinski definition) is 3. The van der Waals surface area contributed by atoms with Crippen LogP contribution in [0.25, 0.3) is 22.0 Å². The number of aromatic hydroxyl groups is 1. The number of nitrogens with one attached hydrogen (secondary N) is 1. The van der Waals surface area contributed by atoms with Crippen LogP contribution in [0.2, 0.25) is 0 Å². The molecule has 5 rings (SSSR count). The molecule has 1 aromatic heterocycles. The third kappa shape index (κ3) is 3.30. The van der Waals surface area contributed by atoms with Crippen LogP contribution in [0.1, 0.15) is 49.7 Å². The highest BCUT2D eigenvalue weighted by molar-refractivity contribution is 6.01. The summed E-state index contributed by atoms with van der Waals surface area (Å²) in [6.45, 7) is 1.85. The average Bonchev–Trinajstić information content (AvgIpc) is 3.52. The number of aromatic nitrogens is 2. The second-order valence-electron chi connectivity index (χ2n) is 8.60. The van der Waals surface area contributed by atoms with Crippen LogP contribution in [0.3, 0.4) is 0 Å². The van der Waals surface area contributed by atoms with Gasteiger partial charge in [-0.15, -0.1) is 16.6 Å². The summed E-state index contributed by atoms with van der Waals surface area (Å²) in [6.07, 6.45) is 9.26. The van der Waals surface area contributed by atoms with Gasteiger partial charge in [0.25, 0.3) is 0 Å². The first kappa shape index (κ1) is 18.0. The molecule has 0 bridgehead atoms. The highest BCUT2D eigenvalue weighted by Crippen LogP contribution is 2.43. The lowest BCUT2D eigenvalue weighted by Crippen LogP contribution is -2.48. The Morgan fingerprint density at radius 3 is 2.55 bits per heavy atom. The van der Waals surface area contributed by atoms with Crippen LogP contribution < -0.4 is 5.32 Å². The minimum absolute atomic E-state index is 0.0954. The fourth-order valence-electron chi connectivity index (χ4n) is 4.27. The van der Waals surface area contributed by atoms with E-state index in [4.69, 9.17) is 6.42 Å². The van der Waals surface area contributed by atoms with E-state index >= 15 is 0 Å². The third-order valence-electron chi connectivity index (χ3n) is 5.99. The first-order valence-corrected chi connectivity index (χ1v) is 10.0. The van der Waals surface area contributed by atoms with Crippen LogP contribution in [0, 0.1) is 12.3 Å². The molecule has 0 spiro atoms. The summed E-state index contributed by atoms with van der Waals surface area (Å²) in [5, 5.41) is 34.8. The summed E-state index contributed by atoms with van der Waals surface area (Å²) in [5.74, 6) is 3.98. The molecule has 2 aliphatic rings. The molecule has 3 aromatic rings. The molecule has 29 heavy (non-hydrogen) atoms. The van der Waals surface area contributed by atoms with Crippen molar-refractivity contribution in [3.05, 3.63) is 47.5 Å². The lowest BCUT2D eigenvalue weighted by Gasteiger charge is -2.41. The standard InChI is InChI=1S/C24H23N3O2/c1-3-14-4-8-19(21(28)10-14)22-18-9-7-16(15-5-6-15)11-20(18)23(27-26-22)25-17-12-24(2,29)13-17/h1,4,7-11,15,17,28-29H,5-6,12-13H2,2H3,(H,25,27). The molecule has 146 valence electrons. The maximum Gasteiger partial charge on any atom is 0.156 e. The van der Waals surface area contributed by atoms with Gasteiger partial charge in [-0.05, 0) is 68.4 Å². The highest BCUT2D eigenvalue weighted by atomic mass is 16.3. The van der Waals surface area contributed by atoms with Crippen molar-refractivity contribution in [2.75, 3.05) is 5.32 Å². The van der Waals surface area contributed by atoms with Crippen LogP contribution in [0.4, 0.5) is 5.82 Å². The fraction of sp³-hybridized carbons (Fsp3) is 0.333. The van der Waals surface area contributed by atoms with Crippen LogP contribution in [-0.2, 0) is 0 Å². The third-order valence-corrected chi connectivity index (χ3v) is 5.99. The SMILES string of the molecule is C#Cc1ccc(-c2nnc(NC3CC(C)(O)C3)c3cc(C4CC4)ccc23)c(O)c1. The summed E-state index contributed by atoms with van der Waals surface area (Å²) in [6, 6.07) is 11.8. The fourth-order valence-corrected chi connectivity index (χ4v) is 4.27. The van der Waals surface area contributed by atoms with E-state index < -0.39 is 5.60 Å². The van der Waals surface area contributed by atoms with Gasteiger partial charge < -0.3 is 15.5 Å². The summed E-state index contributed by atoms with van der Waals surface area (Å²) < 4.78 is 0. The molecule has 2 saturated carbocycles. The Morgan fingerprint density at radius 1 is 1.10 bits per heavy atom. The molecule has 2 fully saturated rings. The number of benzene rings is 2. The van der Waals surface area contributed by atoms with Gasteiger partial charge in [-0.1, -0.05) is 18.1 Å². The maximum atomic E-state index is 10.5. The predicted molar refractivity (Wildman–Crippen MR) is 114 cm³/mol. The normalized spacial score (nSPS) is 23.4. The topological polar surface area (TPSA) is 78.3 Å². The number of hydrogen-bond acceptors (Lipinski definition) is 5. The van der Waals surface area contributed by atoms with Crippen molar-refractivity contribution in [3.63, 3.8) is 0 Å².